The van der Waals surface area contributed by atoms with E-state index in [2.05, 4.69) is 27.6 Å². The summed E-state index contributed by atoms with van der Waals surface area (Å²) in [6.07, 6.45) is 5.58. The van der Waals surface area contributed by atoms with Gasteiger partial charge in [-0.25, -0.2) is 10.8 Å². The molecule has 1 aliphatic carbocycles. The molecule has 2 unspecified atom stereocenters. The van der Waals surface area contributed by atoms with Gasteiger partial charge in [-0.05, 0) is 25.7 Å². The number of nitrogen functional groups attached to an aromatic ring is 1. The van der Waals surface area contributed by atoms with Crippen LogP contribution in [0.25, 0.3) is 0 Å². The molecule has 0 aromatic carbocycles. The largest absolute Gasteiger partial charge is 0.367 e. The molecule has 16 heavy (non-hydrogen) atoms. The molecule has 0 aliphatic heterocycles. The van der Waals surface area contributed by atoms with E-state index in [4.69, 9.17) is 5.84 Å². The van der Waals surface area contributed by atoms with Gasteiger partial charge in [-0.2, -0.15) is 4.98 Å². The summed E-state index contributed by atoms with van der Waals surface area (Å²) in [5, 5.41) is 3.45. The maximum absolute atomic E-state index is 5.29. The highest BCUT2D eigenvalue weighted by Gasteiger charge is 2.36. The van der Waals surface area contributed by atoms with E-state index in [9.17, 15) is 0 Å². The second kappa shape index (κ2) is 4.65. The van der Waals surface area contributed by atoms with Crippen LogP contribution in [-0.2, 0) is 0 Å². The lowest BCUT2D eigenvalue weighted by atomic mass is 10.2. The molecule has 5 heteroatoms. The minimum absolute atomic E-state index is 0.459. The van der Waals surface area contributed by atoms with Gasteiger partial charge in [0.2, 0.25) is 5.95 Å². The number of hydrogen-bond acceptors (Lipinski definition) is 5. The highest BCUT2D eigenvalue weighted by molar-refractivity contribution is 5.47. The average molecular weight is 221 g/mol. The molecule has 1 fully saturated rings. The van der Waals surface area contributed by atoms with Gasteiger partial charge >= 0.3 is 0 Å². The monoisotopic (exact) mass is 221 g/mol. The molecule has 4 N–H and O–H groups in total. The van der Waals surface area contributed by atoms with Crippen LogP contribution in [0.1, 0.15) is 31.7 Å². The zero-order valence-electron chi connectivity index (χ0n) is 9.83. The summed E-state index contributed by atoms with van der Waals surface area (Å²) in [6, 6.07) is 0.583. The minimum atomic E-state index is 0.459. The highest BCUT2D eigenvalue weighted by Crippen LogP contribution is 2.37. The molecule has 1 aliphatic rings. The first-order valence-corrected chi connectivity index (χ1v) is 5.81. The predicted molar refractivity (Wildman–Crippen MR) is 65.0 cm³/mol. The van der Waals surface area contributed by atoms with E-state index in [1.165, 1.54) is 19.3 Å². The molecule has 1 aromatic rings. The van der Waals surface area contributed by atoms with Crippen LogP contribution in [0.5, 0.6) is 0 Å². The molecule has 5 nitrogen and oxygen atoms in total. The fourth-order valence-corrected chi connectivity index (χ4v) is 1.95. The first-order valence-electron chi connectivity index (χ1n) is 5.81. The van der Waals surface area contributed by atoms with E-state index < -0.39 is 0 Å². The van der Waals surface area contributed by atoms with Crippen LogP contribution in [-0.4, -0.2) is 16.0 Å². The number of nitrogens with zero attached hydrogens (tertiary/aromatic N) is 2. The van der Waals surface area contributed by atoms with Gasteiger partial charge in [0.25, 0.3) is 0 Å². The van der Waals surface area contributed by atoms with Gasteiger partial charge in [-0.15, -0.1) is 0 Å². The second-order valence-electron chi connectivity index (χ2n) is 4.40. The Bertz CT molecular complexity index is 365. The first kappa shape index (κ1) is 11.1. The molecule has 0 amide bonds. The number of hydrogen-bond donors (Lipinski definition) is 3. The molecule has 0 bridgehead atoms. The van der Waals surface area contributed by atoms with Crippen molar-refractivity contribution in [3.05, 3.63) is 11.8 Å². The lowest BCUT2D eigenvalue weighted by Gasteiger charge is -2.09. The Kier molecular flexibility index (Phi) is 3.24. The Hall–Kier alpha value is -1.36. The average Bonchev–Trinajstić information content (AvgIpc) is 3.00. The SMILES string of the molecule is CCCC1CC1Nc1nc(NN)ncc1C. The molecular weight excluding hydrogens is 202 g/mol. The number of anilines is 2. The van der Waals surface area contributed by atoms with Crippen molar-refractivity contribution in [2.45, 2.75) is 39.2 Å². The third-order valence-corrected chi connectivity index (χ3v) is 3.00. The minimum Gasteiger partial charge on any atom is -0.367 e. The van der Waals surface area contributed by atoms with E-state index in [0.29, 0.717) is 12.0 Å². The van der Waals surface area contributed by atoms with Crippen LogP contribution in [0, 0.1) is 12.8 Å². The second-order valence-corrected chi connectivity index (χ2v) is 4.40. The number of aromatic nitrogens is 2. The summed E-state index contributed by atoms with van der Waals surface area (Å²) in [5.41, 5.74) is 3.52. The molecule has 1 heterocycles. The fraction of sp³-hybridized carbons (Fsp3) is 0.636. The van der Waals surface area contributed by atoms with E-state index in [0.717, 1.165) is 17.3 Å². The predicted octanol–water partition coefficient (Wildman–Crippen LogP) is 1.67. The molecular formula is C11H19N5. The topological polar surface area (TPSA) is 75.9 Å². The molecule has 1 saturated carbocycles. The molecule has 0 spiro atoms. The van der Waals surface area contributed by atoms with Crippen LogP contribution in [0.3, 0.4) is 0 Å². The summed E-state index contributed by atoms with van der Waals surface area (Å²) in [7, 11) is 0. The fourth-order valence-electron chi connectivity index (χ4n) is 1.95. The van der Waals surface area contributed by atoms with E-state index in [1.54, 1.807) is 6.20 Å². The van der Waals surface area contributed by atoms with E-state index in [1.807, 2.05) is 6.92 Å². The Morgan fingerprint density at radius 3 is 3.06 bits per heavy atom. The zero-order chi connectivity index (χ0) is 11.5. The number of aryl methyl sites for hydroxylation is 1. The van der Waals surface area contributed by atoms with Gasteiger partial charge in [0.1, 0.15) is 5.82 Å². The molecule has 1 aromatic heterocycles. The molecule has 0 saturated heterocycles. The van der Waals surface area contributed by atoms with Crippen molar-refractivity contribution in [3.8, 4) is 0 Å². The maximum Gasteiger partial charge on any atom is 0.239 e. The summed E-state index contributed by atoms with van der Waals surface area (Å²) in [6.45, 7) is 4.22. The molecule has 88 valence electrons. The van der Waals surface area contributed by atoms with E-state index in [-0.39, 0.29) is 0 Å². The van der Waals surface area contributed by atoms with Crippen LogP contribution in [0.15, 0.2) is 6.20 Å². The smallest absolute Gasteiger partial charge is 0.239 e. The van der Waals surface area contributed by atoms with Crippen molar-refractivity contribution < 1.29 is 0 Å². The number of rotatable bonds is 5. The lowest BCUT2D eigenvalue weighted by molar-refractivity contribution is 0.692. The Labute approximate surface area is 95.8 Å². The lowest BCUT2D eigenvalue weighted by Crippen LogP contribution is -2.14. The van der Waals surface area contributed by atoms with Gasteiger partial charge in [0, 0.05) is 17.8 Å². The molecule has 0 radical (unpaired) electrons. The number of hydrazine groups is 1. The van der Waals surface area contributed by atoms with Gasteiger partial charge in [0.05, 0.1) is 0 Å². The van der Waals surface area contributed by atoms with Crippen molar-refractivity contribution in [2.24, 2.45) is 11.8 Å². The van der Waals surface area contributed by atoms with Crippen molar-refractivity contribution >= 4 is 11.8 Å². The van der Waals surface area contributed by atoms with Crippen LogP contribution >= 0.6 is 0 Å². The third-order valence-electron chi connectivity index (χ3n) is 3.00. The summed E-state index contributed by atoms with van der Waals surface area (Å²) >= 11 is 0. The molecule has 2 rings (SSSR count). The van der Waals surface area contributed by atoms with Crippen molar-refractivity contribution in [2.75, 3.05) is 10.7 Å². The van der Waals surface area contributed by atoms with Gasteiger partial charge in [-0.3, -0.25) is 5.43 Å². The Balaban J connectivity index is 1.99. The summed E-state index contributed by atoms with van der Waals surface area (Å²) in [5.74, 6) is 7.46. The van der Waals surface area contributed by atoms with Gasteiger partial charge in [-0.1, -0.05) is 13.3 Å². The van der Waals surface area contributed by atoms with Gasteiger partial charge in [0.15, 0.2) is 0 Å². The standard InChI is InChI=1S/C11H19N5/c1-3-4-8-5-9(8)14-10-7(2)6-13-11(15-10)16-12/h6,8-9H,3-5,12H2,1-2H3,(H2,13,14,15,16). The van der Waals surface area contributed by atoms with Crippen molar-refractivity contribution in [3.63, 3.8) is 0 Å². The zero-order valence-corrected chi connectivity index (χ0v) is 9.83. The number of nitrogens with two attached hydrogens (primary N) is 1. The quantitative estimate of drug-likeness (QED) is 0.521. The normalized spacial score (nSPS) is 22.9. The third kappa shape index (κ3) is 2.41. The molecule has 2 atom stereocenters. The van der Waals surface area contributed by atoms with Crippen LogP contribution in [0.4, 0.5) is 11.8 Å². The number of nitrogens with one attached hydrogen (secondary N) is 2. The summed E-state index contributed by atoms with van der Waals surface area (Å²) < 4.78 is 0. The van der Waals surface area contributed by atoms with E-state index >= 15 is 0 Å². The Morgan fingerprint density at radius 1 is 1.56 bits per heavy atom. The van der Waals surface area contributed by atoms with Crippen LogP contribution in [0.2, 0.25) is 0 Å². The maximum atomic E-state index is 5.29. The van der Waals surface area contributed by atoms with Crippen LogP contribution < -0.4 is 16.6 Å². The van der Waals surface area contributed by atoms with Crippen molar-refractivity contribution in [1.82, 2.24) is 9.97 Å². The first-order chi connectivity index (χ1) is 7.74. The highest BCUT2D eigenvalue weighted by atomic mass is 15.3. The Morgan fingerprint density at radius 2 is 2.38 bits per heavy atom. The van der Waals surface area contributed by atoms with Crippen molar-refractivity contribution in [1.29, 1.82) is 0 Å². The summed E-state index contributed by atoms with van der Waals surface area (Å²) in [4.78, 5) is 8.36. The van der Waals surface area contributed by atoms with Gasteiger partial charge < -0.3 is 5.32 Å².